The molecule has 2 aliphatic rings. The lowest BCUT2D eigenvalue weighted by Crippen LogP contribution is -2.44. The minimum absolute atomic E-state index is 0.00813. The Bertz CT molecular complexity index is 557. The van der Waals surface area contributed by atoms with Crippen LogP contribution < -0.4 is 10.6 Å². The summed E-state index contributed by atoms with van der Waals surface area (Å²) in [7, 11) is 0. The number of carbonyl (C=O) groups is 2. The van der Waals surface area contributed by atoms with Gasteiger partial charge in [-0.1, -0.05) is 25.0 Å². The van der Waals surface area contributed by atoms with Crippen molar-refractivity contribution in [3.05, 3.63) is 35.6 Å². The van der Waals surface area contributed by atoms with Crippen molar-refractivity contribution in [3.63, 3.8) is 0 Å². The van der Waals surface area contributed by atoms with Gasteiger partial charge in [-0.25, -0.2) is 4.39 Å². The lowest BCUT2D eigenvalue weighted by atomic mass is 9.90. The smallest absolute Gasteiger partial charge is 0.225 e. The summed E-state index contributed by atoms with van der Waals surface area (Å²) in [5, 5.41) is 5.92. The summed E-state index contributed by atoms with van der Waals surface area (Å²) in [6.07, 6.45) is 5.53. The number of carbonyl (C=O) groups excluding carboxylic acids is 2. The van der Waals surface area contributed by atoms with Gasteiger partial charge >= 0.3 is 0 Å². The van der Waals surface area contributed by atoms with Crippen LogP contribution in [0.5, 0.6) is 0 Å². The molecule has 2 atom stereocenters. The molecule has 1 aliphatic carbocycles. The van der Waals surface area contributed by atoms with Crippen molar-refractivity contribution in [2.45, 2.75) is 44.6 Å². The van der Waals surface area contributed by atoms with Gasteiger partial charge in [-0.2, -0.15) is 0 Å². The fourth-order valence-corrected chi connectivity index (χ4v) is 3.66. The van der Waals surface area contributed by atoms with Crippen LogP contribution in [0.3, 0.4) is 0 Å². The van der Waals surface area contributed by atoms with Crippen LogP contribution in [0.15, 0.2) is 24.3 Å². The first-order valence-electron chi connectivity index (χ1n) is 8.46. The Morgan fingerprint density at radius 1 is 1.17 bits per heavy atom. The number of hydrogen-bond donors (Lipinski definition) is 2. The monoisotopic (exact) mass is 318 g/mol. The average Bonchev–Trinajstić information content (AvgIpc) is 3.08. The summed E-state index contributed by atoms with van der Waals surface area (Å²) in [6.45, 7) is 0.408. The van der Waals surface area contributed by atoms with Crippen LogP contribution in [-0.4, -0.2) is 18.4 Å². The first kappa shape index (κ1) is 16.0. The minimum atomic E-state index is -0.264. The number of rotatable bonds is 4. The Kier molecular flexibility index (Phi) is 4.94. The molecule has 0 bridgehead atoms. The molecule has 3 rings (SSSR count). The van der Waals surface area contributed by atoms with E-state index in [9.17, 15) is 14.0 Å². The van der Waals surface area contributed by atoms with Crippen molar-refractivity contribution in [2.24, 2.45) is 11.8 Å². The third-order valence-corrected chi connectivity index (χ3v) is 5.03. The van der Waals surface area contributed by atoms with E-state index in [0.717, 1.165) is 18.4 Å². The number of nitrogens with one attached hydrogen (secondary N) is 2. The zero-order valence-electron chi connectivity index (χ0n) is 13.2. The molecular formula is C18H23FN2O2. The molecule has 1 aromatic rings. The van der Waals surface area contributed by atoms with Gasteiger partial charge in [-0.05, 0) is 42.9 Å². The van der Waals surface area contributed by atoms with Gasteiger partial charge < -0.3 is 10.6 Å². The summed E-state index contributed by atoms with van der Waals surface area (Å²) in [4.78, 5) is 23.8. The average molecular weight is 318 g/mol. The molecule has 1 saturated heterocycles. The zero-order chi connectivity index (χ0) is 16.2. The third kappa shape index (κ3) is 3.89. The van der Waals surface area contributed by atoms with E-state index < -0.39 is 0 Å². The largest absolute Gasteiger partial charge is 0.355 e. The molecule has 1 heterocycles. The molecule has 1 aromatic carbocycles. The molecule has 4 nitrogen and oxygen atoms in total. The molecule has 0 radical (unpaired) electrons. The van der Waals surface area contributed by atoms with Crippen molar-refractivity contribution in [2.75, 3.05) is 6.54 Å². The third-order valence-electron chi connectivity index (χ3n) is 5.03. The first-order valence-corrected chi connectivity index (χ1v) is 8.46. The van der Waals surface area contributed by atoms with Crippen LogP contribution in [-0.2, 0) is 9.59 Å². The minimum Gasteiger partial charge on any atom is -0.355 e. The number of piperidine rings is 1. The van der Waals surface area contributed by atoms with Crippen LogP contribution in [0, 0.1) is 17.7 Å². The lowest BCUT2D eigenvalue weighted by molar-refractivity contribution is -0.129. The second-order valence-corrected chi connectivity index (χ2v) is 6.62. The zero-order valence-corrected chi connectivity index (χ0v) is 13.2. The molecule has 2 unspecified atom stereocenters. The van der Waals surface area contributed by atoms with Crippen molar-refractivity contribution >= 4 is 11.8 Å². The maximum atomic E-state index is 13.2. The highest BCUT2D eigenvalue weighted by molar-refractivity contribution is 5.84. The molecule has 0 aromatic heterocycles. The normalized spacial score (nSPS) is 23.3. The topological polar surface area (TPSA) is 58.2 Å². The van der Waals surface area contributed by atoms with Crippen LogP contribution in [0.25, 0.3) is 0 Å². The van der Waals surface area contributed by atoms with Crippen molar-refractivity contribution in [1.82, 2.24) is 10.6 Å². The summed E-state index contributed by atoms with van der Waals surface area (Å²) < 4.78 is 13.2. The molecule has 124 valence electrons. The predicted molar refractivity (Wildman–Crippen MR) is 85.0 cm³/mol. The Hall–Kier alpha value is -1.91. The first-order chi connectivity index (χ1) is 11.1. The van der Waals surface area contributed by atoms with Crippen molar-refractivity contribution < 1.29 is 14.0 Å². The highest BCUT2D eigenvalue weighted by Gasteiger charge is 2.31. The van der Waals surface area contributed by atoms with E-state index in [4.69, 9.17) is 0 Å². The number of benzene rings is 1. The Labute approximate surface area is 135 Å². The van der Waals surface area contributed by atoms with E-state index in [1.807, 2.05) is 0 Å². The van der Waals surface area contributed by atoms with E-state index in [2.05, 4.69) is 10.6 Å². The summed E-state index contributed by atoms with van der Waals surface area (Å²) in [5.41, 5.74) is 0.964. The SMILES string of the molecule is O=C1CCC(C(=O)NC(c2ccc(F)cc2)C2CCCC2)CN1. The molecule has 2 N–H and O–H groups in total. The van der Waals surface area contributed by atoms with Gasteiger partial charge in [0.05, 0.1) is 12.0 Å². The number of amides is 2. The number of hydrogen-bond acceptors (Lipinski definition) is 2. The van der Waals surface area contributed by atoms with E-state index in [1.54, 1.807) is 12.1 Å². The molecule has 1 saturated carbocycles. The second-order valence-electron chi connectivity index (χ2n) is 6.62. The fraction of sp³-hybridized carbons (Fsp3) is 0.556. The molecular weight excluding hydrogens is 295 g/mol. The lowest BCUT2D eigenvalue weighted by Gasteiger charge is -2.29. The van der Waals surface area contributed by atoms with Gasteiger partial charge in [-0.3, -0.25) is 9.59 Å². The van der Waals surface area contributed by atoms with Crippen LogP contribution in [0.1, 0.15) is 50.1 Å². The van der Waals surface area contributed by atoms with Crippen molar-refractivity contribution in [1.29, 1.82) is 0 Å². The molecule has 23 heavy (non-hydrogen) atoms. The molecule has 2 fully saturated rings. The van der Waals surface area contributed by atoms with Gasteiger partial charge in [0.2, 0.25) is 11.8 Å². The van der Waals surface area contributed by atoms with Gasteiger partial charge in [0.15, 0.2) is 0 Å². The Morgan fingerprint density at radius 2 is 1.87 bits per heavy atom. The highest BCUT2D eigenvalue weighted by Crippen LogP contribution is 2.36. The highest BCUT2D eigenvalue weighted by atomic mass is 19.1. The summed E-state index contributed by atoms with van der Waals surface area (Å²) in [6, 6.07) is 6.36. The fourth-order valence-electron chi connectivity index (χ4n) is 3.66. The van der Waals surface area contributed by atoms with Gasteiger partial charge in [0, 0.05) is 13.0 Å². The molecule has 2 amide bonds. The second kappa shape index (κ2) is 7.11. The van der Waals surface area contributed by atoms with E-state index in [-0.39, 0.29) is 29.6 Å². The Morgan fingerprint density at radius 3 is 2.48 bits per heavy atom. The van der Waals surface area contributed by atoms with E-state index in [0.29, 0.717) is 25.3 Å². The van der Waals surface area contributed by atoms with E-state index >= 15 is 0 Å². The van der Waals surface area contributed by atoms with Crippen LogP contribution >= 0.6 is 0 Å². The standard InChI is InChI=1S/C18H23FN2O2/c19-15-8-5-13(6-9-15)17(12-3-1-2-4-12)21-18(23)14-7-10-16(22)20-11-14/h5-6,8-9,12,14,17H,1-4,7,10-11H2,(H,20,22)(H,21,23). The molecule has 5 heteroatoms. The molecule has 0 spiro atoms. The van der Waals surface area contributed by atoms with Gasteiger partial charge in [0.1, 0.15) is 5.82 Å². The van der Waals surface area contributed by atoms with Crippen LogP contribution in [0.4, 0.5) is 4.39 Å². The molecule has 1 aliphatic heterocycles. The van der Waals surface area contributed by atoms with E-state index in [1.165, 1.54) is 25.0 Å². The summed E-state index contributed by atoms with van der Waals surface area (Å²) >= 11 is 0. The van der Waals surface area contributed by atoms with Gasteiger partial charge in [0.25, 0.3) is 0 Å². The Balaban J connectivity index is 1.71. The summed E-state index contributed by atoms with van der Waals surface area (Å²) in [5.74, 6) is -0.0222. The quantitative estimate of drug-likeness (QED) is 0.897. The number of halogens is 1. The van der Waals surface area contributed by atoms with Crippen molar-refractivity contribution in [3.8, 4) is 0 Å². The van der Waals surface area contributed by atoms with Gasteiger partial charge in [-0.15, -0.1) is 0 Å². The maximum absolute atomic E-state index is 13.2. The van der Waals surface area contributed by atoms with Crippen LogP contribution in [0.2, 0.25) is 0 Å². The maximum Gasteiger partial charge on any atom is 0.225 e. The predicted octanol–water partition coefficient (Wildman–Crippen LogP) is 2.70.